The zero-order chi connectivity index (χ0) is 24.8. The standard InChI is InChI=1S/C25H18Br2N4O3S/c1-34-24(33)17-3-2-4-20(13-17)28-21(32)14-35-25-29-22(15-5-9-18(26)10-6-15)23(30-31-25)16-7-11-19(27)12-8-16/h2-13H,14H2,1H3,(H,28,32). The molecule has 0 atom stereocenters. The van der Waals surface area contributed by atoms with Crippen molar-refractivity contribution in [3.05, 3.63) is 87.3 Å². The molecule has 10 heteroatoms. The summed E-state index contributed by atoms with van der Waals surface area (Å²) in [5, 5.41) is 11.8. The van der Waals surface area contributed by atoms with Crippen LogP contribution in [0.2, 0.25) is 0 Å². The molecule has 1 heterocycles. The fourth-order valence-electron chi connectivity index (χ4n) is 3.15. The summed E-state index contributed by atoms with van der Waals surface area (Å²) in [5.74, 6) is -0.661. The molecule has 0 unspecified atom stereocenters. The van der Waals surface area contributed by atoms with Crippen LogP contribution in [-0.2, 0) is 9.53 Å². The fraction of sp³-hybridized carbons (Fsp3) is 0.0800. The largest absolute Gasteiger partial charge is 0.465 e. The lowest BCUT2D eigenvalue weighted by atomic mass is 10.0. The van der Waals surface area contributed by atoms with Crippen LogP contribution in [0.1, 0.15) is 10.4 Å². The number of benzene rings is 3. The Bertz CT molecular complexity index is 1370. The van der Waals surface area contributed by atoms with Crippen molar-refractivity contribution >= 4 is 61.2 Å². The Morgan fingerprint density at radius 1 is 0.886 bits per heavy atom. The van der Waals surface area contributed by atoms with Crippen molar-refractivity contribution in [2.75, 3.05) is 18.2 Å². The predicted molar refractivity (Wildman–Crippen MR) is 143 cm³/mol. The fourth-order valence-corrected chi connectivity index (χ4v) is 4.27. The lowest BCUT2D eigenvalue weighted by Crippen LogP contribution is -2.15. The van der Waals surface area contributed by atoms with E-state index in [9.17, 15) is 9.59 Å². The topological polar surface area (TPSA) is 94.1 Å². The van der Waals surface area contributed by atoms with Gasteiger partial charge in [-0.15, -0.1) is 10.2 Å². The van der Waals surface area contributed by atoms with Gasteiger partial charge in [-0.25, -0.2) is 9.78 Å². The summed E-state index contributed by atoms with van der Waals surface area (Å²) in [6, 6.07) is 22.1. The maximum atomic E-state index is 12.5. The van der Waals surface area contributed by atoms with Gasteiger partial charge in [0.1, 0.15) is 11.4 Å². The first kappa shape index (κ1) is 25.0. The zero-order valence-corrected chi connectivity index (χ0v) is 22.4. The van der Waals surface area contributed by atoms with Gasteiger partial charge in [0.25, 0.3) is 0 Å². The molecule has 1 N–H and O–H groups in total. The minimum Gasteiger partial charge on any atom is -0.465 e. The van der Waals surface area contributed by atoms with Crippen LogP contribution in [0.5, 0.6) is 0 Å². The Hall–Kier alpha value is -3.08. The van der Waals surface area contributed by atoms with Gasteiger partial charge in [0.15, 0.2) is 0 Å². The molecule has 4 rings (SSSR count). The quantitative estimate of drug-likeness (QED) is 0.194. The van der Waals surface area contributed by atoms with Crippen molar-refractivity contribution in [3.8, 4) is 22.5 Å². The van der Waals surface area contributed by atoms with Crippen LogP contribution in [0.15, 0.2) is 86.9 Å². The number of ether oxygens (including phenoxy) is 1. The van der Waals surface area contributed by atoms with Gasteiger partial charge >= 0.3 is 5.97 Å². The molecule has 0 saturated carbocycles. The van der Waals surface area contributed by atoms with Gasteiger partial charge in [-0.3, -0.25) is 4.79 Å². The number of halogens is 2. The lowest BCUT2D eigenvalue weighted by molar-refractivity contribution is -0.113. The molecule has 0 bridgehead atoms. The van der Waals surface area contributed by atoms with E-state index in [0.717, 1.165) is 20.1 Å². The Morgan fingerprint density at radius 2 is 1.51 bits per heavy atom. The molecular formula is C25H18Br2N4O3S. The Kier molecular flexibility index (Phi) is 8.27. The number of nitrogens with one attached hydrogen (secondary N) is 1. The number of amides is 1. The highest BCUT2D eigenvalue weighted by molar-refractivity contribution is 9.10. The third-order valence-corrected chi connectivity index (χ3v) is 6.70. The Balaban J connectivity index is 1.54. The first-order chi connectivity index (χ1) is 16.9. The third kappa shape index (κ3) is 6.53. The highest BCUT2D eigenvalue weighted by atomic mass is 79.9. The molecule has 7 nitrogen and oxygen atoms in total. The van der Waals surface area contributed by atoms with E-state index in [1.165, 1.54) is 18.9 Å². The summed E-state index contributed by atoms with van der Waals surface area (Å²) in [7, 11) is 1.31. The molecule has 0 spiro atoms. The monoisotopic (exact) mass is 612 g/mol. The average Bonchev–Trinajstić information content (AvgIpc) is 2.88. The van der Waals surface area contributed by atoms with E-state index in [2.05, 4.69) is 47.4 Å². The molecular weight excluding hydrogens is 596 g/mol. The van der Waals surface area contributed by atoms with Gasteiger partial charge in [0, 0.05) is 25.8 Å². The Labute approximate surface area is 223 Å². The number of thioether (sulfide) groups is 1. The summed E-state index contributed by atoms with van der Waals surface area (Å²) < 4.78 is 6.63. The number of nitrogens with zero attached hydrogens (tertiary/aromatic N) is 3. The van der Waals surface area contributed by atoms with Crippen molar-refractivity contribution in [2.24, 2.45) is 0 Å². The van der Waals surface area contributed by atoms with Crippen LogP contribution in [0.4, 0.5) is 5.69 Å². The number of anilines is 1. The van der Waals surface area contributed by atoms with E-state index in [4.69, 9.17) is 9.72 Å². The van der Waals surface area contributed by atoms with Crippen LogP contribution in [0, 0.1) is 0 Å². The molecule has 1 aromatic heterocycles. The molecule has 176 valence electrons. The van der Waals surface area contributed by atoms with Crippen molar-refractivity contribution < 1.29 is 14.3 Å². The minimum absolute atomic E-state index is 0.0710. The highest BCUT2D eigenvalue weighted by Gasteiger charge is 2.15. The van der Waals surface area contributed by atoms with E-state index in [0.29, 0.717) is 27.8 Å². The van der Waals surface area contributed by atoms with Crippen molar-refractivity contribution in [2.45, 2.75) is 5.16 Å². The first-order valence-electron chi connectivity index (χ1n) is 10.3. The van der Waals surface area contributed by atoms with Crippen LogP contribution < -0.4 is 5.32 Å². The molecule has 0 radical (unpaired) electrons. The molecule has 0 aliphatic carbocycles. The zero-order valence-electron chi connectivity index (χ0n) is 18.4. The van der Waals surface area contributed by atoms with Crippen LogP contribution >= 0.6 is 43.6 Å². The van der Waals surface area contributed by atoms with E-state index in [-0.39, 0.29) is 11.7 Å². The molecule has 35 heavy (non-hydrogen) atoms. The van der Waals surface area contributed by atoms with Gasteiger partial charge < -0.3 is 10.1 Å². The number of carbonyl (C=O) groups is 2. The third-order valence-electron chi connectivity index (χ3n) is 4.80. The summed E-state index contributed by atoms with van der Waals surface area (Å²) in [6.07, 6.45) is 0. The maximum absolute atomic E-state index is 12.5. The predicted octanol–water partition coefficient (Wildman–Crippen LogP) is 6.25. The van der Waals surface area contributed by atoms with E-state index < -0.39 is 5.97 Å². The van der Waals surface area contributed by atoms with Crippen molar-refractivity contribution in [3.63, 3.8) is 0 Å². The maximum Gasteiger partial charge on any atom is 0.337 e. The molecule has 3 aromatic carbocycles. The second kappa shape index (κ2) is 11.6. The summed E-state index contributed by atoms with van der Waals surface area (Å²) in [4.78, 5) is 28.9. The number of aromatic nitrogens is 3. The number of rotatable bonds is 7. The number of carbonyl (C=O) groups excluding carboxylic acids is 2. The van der Waals surface area contributed by atoms with Gasteiger partial charge in [-0.1, -0.05) is 74.0 Å². The molecule has 0 aliphatic rings. The van der Waals surface area contributed by atoms with E-state index in [1.54, 1.807) is 24.3 Å². The summed E-state index contributed by atoms with van der Waals surface area (Å²) >= 11 is 8.09. The number of hydrogen-bond acceptors (Lipinski definition) is 7. The van der Waals surface area contributed by atoms with Crippen molar-refractivity contribution in [1.29, 1.82) is 0 Å². The average molecular weight is 614 g/mol. The van der Waals surface area contributed by atoms with Crippen LogP contribution in [0.3, 0.4) is 0 Å². The van der Waals surface area contributed by atoms with Gasteiger partial charge in [-0.05, 0) is 42.5 Å². The molecule has 4 aromatic rings. The van der Waals surface area contributed by atoms with Crippen LogP contribution in [-0.4, -0.2) is 39.9 Å². The Morgan fingerprint density at radius 3 is 2.14 bits per heavy atom. The first-order valence-corrected chi connectivity index (χ1v) is 12.9. The van der Waals surface area contributed by atoms with Gasteiger partial charge in [0.05, 0.1) is 18.4 Å². The minimum atomic E-state index is -0.471. The summed E-state index contributed by atoms with van der Waals surface area (Å²) in [5.41, 5.74) is 3.93. The van der Waals surface area contributed by atoms with Gasteiger partial charge in [0.2, 0.25) is 11.1 Å². The second-order valence-electron chi connectivity index (χ2n) is 7.21. The summed E-state index contributed by atoms with van der Waals surface area (Å²) in [6.45, 7) is 0. The molecule has 0 aliphatic heterocycles. The SMILES string of the molecule is COC(=O)c1cccc(NC(=O)CSc2nnc(-c3ccc(Br)cc3)c(-c3ccc(Br)cc3)n2)c1. The second-order valence-corrected chi connectivity index (χ2v) is 9.99. The molecule has 0 saturated heterocycles. The number of hydrogen-bond donors (Lipinski definition) is 1. The molecule has 0 fully saturated rings. The van der Waals surface area contributed by atoms with E-state index >= 15 is 0 Å². The number of methoxy groups -OCH3 is 1. The van der Waals surface area contributed by atoms with Crippen molar-refractivity contribution in [1.82, 2.24) is 15.2 Å². The molecule has 1 amide bonds. The van der Waals surface area contributed by atoms with E-state index in [1.807, 2.05) is 48.5 Å². The number of esters is 1. The lowest BCUT2D eigenvalue weighted by Gasteiger charge is -2.10. The smallest absolute Gasteiger partial charge is 0.337 e. The normalized spacial score (nSPS) is 10.6. The van der Waals surface area contributed by atoms with Crippen LogP contribution in [0.25, 0.3) is 22.5 Å². The van der Waals surface area contributed by atoms with Gasteiger partial charge in [-0.2, -0.15) is 0 Å². The highest BCUT2D eigenvalue weighted by Crippen LogP contribution is 2.31.